The smallest absolute Gasteiger partial charge is 0.287 e. The SMILES string of the molecule is CCN1CC[C@@H](CNC(=O)c2oc3ccccc3c2COc2ccccc2)C1. The fraction of sp³-hybridized carbons (Fsp3) is 0.348. The fourth-order valence-electron chi connectivity index (χ4n) is 3.78. The number of fused-ring (bicyclic) bond motifs is 1. The van der Waals surface area contributed by atoms with E-state index in [-0.39, 0.29) is 12.5 Å². The second kappa shape index (κ2) is 8.48. The van der Waals surface area contributed by atoms with E-state index < -0.39 is 0 Å². The van der Waals surface area contributed by atoms with E-state index >= 15 is 0 Å². The lowest BCUT2D eigenvalue weighted by Gasteiger charge is -2.13. The molecular weight excluding hydrogens is 352 g/mol. The number of hydrogen-bond acceptors (Lipinski definition) is 4. The molecule has 28 heavy (non-hydrogen) atoms. The highest BCUT2D eigenvalue weighted by atomic mass is 16.5. The third kappa shape index (κ3) is 4.04. The fourth-order valence-corrected chi connectivity index (χ4v) is 3.78. The molecule has 1 amide bonds. The van der Waals surface area contributed by atoms with Gasteiger partial charge in [0.15, 0.2) is 5.76 Å². The zero-order valence-electron chi connectivity index (χ0n) is 16.2. The van der Waals surface area contributed by atoms with E-state index in [0.717, 1.165) is 42.8 Å². The predicted octanol–water partition coefficient (Wildman–Crippen LogP) is 4.08. The summed E-state index contributed by atoms with van der Waals surface area (Å²) in [5.41, 5.74) is 1.50. The Labute approximate surface area is 165 Å². The Hall–Kier alpha value is -2.79. The third-order valence-electron chi connectivity index (χ3n) is 5.40. The van der Waals surface area contributed by atoms with Crippen LogP contribution in [0, 0.1) is 5.92 Å². The molecule has 0 aliphatic carbocycles. The van der Waals surface area contributed by atoms with Crippen LogP contribution >= 0.6 is 0 Å². The second-order valence-electron chi connectivity index (χ2n) is 7.27. The maximum atomic E-state index is 12.9. The zero-order valence-corrected chi connectivity index (χ0v) is 16.2. The number of furan rings is 1. The molecular formula is C23H26N2O3. The Morgan fingerprint density at radius 3 is 2.75 bits per heavy atom. The van der Waals surface area contributed by atoms with Crippen LogP contribution in [-0.4, -0.2) is 37.0 Å². The Kier molecular flexibility index (Phi) is 5.63. The van der Waals surface area contributed by atoms with E-state index in [1.807, 2.05) is 54.6 Å². The van der Waals surface area contributed by atoms with Gasteiger partial charge in [-0.15, -0.1) is 0 Å². The molecule has 1 atom stereocenters. The number of carbonyl (C=O) groups is 1. The monoisotopic (exact) mass is 378 g/mol. The van der Waals surface area contributed by atoms with Gasteiger partial charge in [-0.1, -0.05) is 43.3 Å². The van der Waals surface area contributed by atoms with Crippen LogP contribution in [0.4, 0.5) is 0 Å². The number of para-hydroxylation sites is 2. The summed E-state index contributed by atoms with van der Waals surface area (Å²) in [5.74, 6) is 1.45. The minimum Gasteiger partial charge on any atom is -0.489 e. The van der Waals surface area contributed by atoms with Crippen molar-refractivity contribution < 1.29 is 13.9 Å². The number of amides is 1. The lowest BCUT2D eigenvalue weighted by Crippen LogP contribution is -2.31. The van der Waals surface area contributed by atoms with Crippen LogP contribution in [0.5, 0.6) is 5.75 Å². The van der Waals surface area contributed by atoms with Gasteiger partial charge in [-0.05, 0) is 43.6 Å². The number of carbonyl (C=O) groups excluding carboxylic acids is 1. The summed E-state index contributed by atoms with van der Waals surface area (Å²) in [6.07, 6.45) is 1.12. The topological polar surface area (TPSA) is 54.7 Å². The molecule has 0 unspecified atom stereocenters. The van der Waals surface area contributed by atoms with E-state index in [9.17, 15) is 4.79 Å². The van der Waals surface area contributed by atoms with Crippen LogP contribution in [0.25, 0.3) is 11.0 Å². The maximum Gasteiger partial charge on any atom is 0.287 e. The second-order valence-corrected chi connectivity index (χ2v) is 7.27. The van der Waals surface area contributed by atoms with Gasteiger partial charge in [-0.25, -0.2) is 0 Å². The highest BCUT2D eigenvalue weighted by Gasteiger charge is 2.24. The van der Waals surface area contributed by atoms with Crippen molar-refractivity contribution in [2.24, 2.45) is 5.92 Å². The standard InChI is InChI=1S/C23H26N2O3/c1-2-25-13-12-17(15-25)14-24-23(26)22-20(16-27-18-8-4-3-5-9-18)19-10-6-7-11-21(19)28-22/h3-11,17H,2,12-16H2,1H3,(H,24,26)/t17-/m0/s1. The summed E-state index contributed by atoms with van der Waals surface area (Å²) in [5, 5.41) is 3.99. The van der Waals surface area contributed by atoms with Gasteiger partial charge in [-0.2, -0.15) is 0 Å². The van der Waals surface area contributed by atoms with Gasteiger partial charge in [-0.3, -0.25) is 4.79 Å². The van der Waals surface area contributed by atoms with Crippen molar-refractivity contribution in [2.45, 2.75) is 20.0 Å². The van der Waals surface area contributed by atoms with E-state index in [1.54, 1.807) is 0 Å². The first kappa shape index (κ1) is 18.6. The van der Waals surface area contributed by atoms with E-state index in [4.69, 9.17) is 9.15 Å². The number of ether oxygens (including phenoxy) is 1. The summed E-state index contributed by atoms with van der Waals surface area (Å²) in [4.78, 5) is 15.3. The number of hydrogen-bond donors (Lipinski definition) is 1. The van der Waals surface area contributed by atoms with Crippen molar-refractivity contribution in [3.05, 3.63) is 65.9 Å². The molecule has 3 aromatic rings. The average molecular weight is 378 g/mol. The molecule has 1 fully saturated rings. The highest BCUT2D eigenvalue weighted by Crippen LogP contribution is 2.27. The highest BCUT2D eigenvalue weighted by molar-refractivity contribution is 5.99. The van der Waals surface area contributed by atoms with Gasteiger partial charge in [0, 0.05) is 24.0 Å². The van der Waals surface area contributed by atoms with Crippen LogP contribution in [-0.2, 0) is 6.61 Å². The molecule has 5 nitrogen and oxygen atoms in total. The largest absolute Gasteiger partial charge is 0.489 e. The molecule has 146 valence electrons. The molecule has 1 N–H and O–H groups in total. The minimum absolute atomic E-state index is 0.169. The van der Waals surface area contributed by atoms with Crippen LogP contribution in [0.1, 0.15) is 29.5 Å². The third-order valence-corrected chi connectivity index (χ3v) is 5.40. The Morgan fingerprint density at radius 1 is 1.18 bits per heavy atom. The summed E-state index contributed by atoms with van der Waals surface area (Å²) < 4.78 is 11.8. The first-order valence-corrected chi connectivity index (χ1v) is 9.93. The Bertz CT molecular complexity index is 935. The molecule has 2 aromatic carbocycles. The molecule has 0 bridgehead atoms. The van der Waals surface area contributed by atoms with Gasteiger partial charge in [0.2, 0.25) is 0 Å². The lowest BCUT2D eigenvalue weighted by atomic mass is 10.1. The van der Waals surface area contributed by atoms with Crippen molar-refractivity contribution in [1.82, 2.24) is 10.2 Å². The quantitative estimate of drug-likeness (QED) is 0.673. The molecule has 1 aromatic heterocycles. The normalized spacial score (nSPS) is 17.1. The summed E-state index contributed by atoms with van der Waals surface area (Å²) >= 11 is 0. The summed E-state index contributed by atoms with van der Waals surface area (Å²) in [7, 11) is 0. The van der Waals surface area contributed by atoms with Crippen molar-refractivity contribution in [3.63, 3.8) is 0 Å². The van der Waals surface area contributed by atoms with Crippen LogP contribution in [0.2, 0.25) is 0 Å². The van der Waals surface area contributed by atoms with Gasteiger partial charge >= 0.3 is 0 Å². The van der Waals surface area contributed by atoms with Gasteiger partial charge in [0.05, 0.1) is 0 Å². The van der Waals surface area contributed by atoms with Crippen LogP contribution < -0.4 is 10.1 Å². The van der Waals surface area contributed by atoms with Crippen molar-refractivity contribution in [3.8, 4) is 5.75 Å². The molecule has 1 saturated heterocycles. The number of nitrogens with zero attached hydrogens (tertiary/aromatic N) is 1. The van der Waals surface area contributed by atoms with Gasteiger partial charge in [0.25, 0.3) is 5.91 Å². The number of benzene rings is 2. The Balaban J connectivity index is 1.50. The lowest BCUT2D eigenvalue weighted by molar-refractivity contribution is 0.0918. The number of likely N-dealkylation sites (tertiary alicyclic amines) is 1. The summed E-state index contributed by atoms with van der Waals surface area (Å²) in [6, 6.07) is 17.3. The molecule has 5 heteroatoms. The zero-order chi connectivity index (χ0) is 19.3. The minimum atomic E-state index is -0.169. The first-order valence-electron chi connectivity index (χ1n) is 9.93. The maximum absolute atomic E-state index is 12.9. The molecule has 0 spiro atoms. The van der Waals surface area contributed by atoms with Crippen molar-refractivity contribution >= 4 is 16.9 Å². The number of rotatable bonds is 7. The van der Waals surface area contributed by atoms with Gasteiger partial charge < -0.3 is 19.4 Å². The van der Waals surface area contributed by atoms with Crippen molar-refractivity contribution in [2.75, 3.05) is 26.2 Å². The average Bonchev–Trinajstić information content (AvgIpc) is 3.35. The van der Waals surface area contributed by atoms with Crippen LogP contribution in [0.3, 0.4) is 0 Å². The van der Waals surface area contributed by atoms with Crippen LogP contribution in [0.15, 0.2) is 59.0 Å². The molecule has 4 rings (SSSR count). The summed E-state index contributed by atoms with van der Waals surface area (Å²) in [6.45, 7) is 6.35. The molecule has 0 saturated carbocycles. The molecule has 1 aliphatic rings. The predicted molar refractivity (Wildman–Crippen MR) is 110 cm³/mol. The molecule has 2 heterocycles. The van der Waals surface area contributed by atoms with E-state index in [2.05, 4.69) is 17.1 Å². The van der Waals surface area contributed by atoms with E-state index in [1.165, 1.54) is 0 Å². The van der Waals surface area contributed by atoms with Crippen molar-refractivity contribution in [1.29, 1.82) is 0 Å². The molecule has 0 radical (unpaired) electrons. The number of nitrogens with one attached hydrogen (secondary N) is 1. The molecule has 1 aliphatic heterocycles. The van der Waals surface area contributed by atoms with Gasteiger partial charge in [0.1, 0.15) is 17.9 Å². The first-order chi connectivity index (χ1) is 13.7. The van der Waals surface area contributed by atoms with E-state index in [0.29, 0.717) is 23.8 Å². The Morgan fingerprint density at radius 2 is 1.96 bits per heavy atom.